The third-order valence-corrected chi connectivity index (χ3v) is 22.2. The van der Waals surface area contributed by atoms with E-state index in [1.807, 2.05) is 11.3 Å². The molecule has 0 aliphatic heterocycles. The van der Waals surface area contributed by atoms with Gasteiger partial charge in [-0.3, -0.25) is 0 Å². The van der Waals surface area contributed by atoms with E-state index in [0.29, 0.717) is 5.82 Å². The average molecular weight is 1280 g/mol. The van der Waals surface area contributed by atoms with Gasteiger partial charge >= 0.3 is 0 Å². The van der Waals surface area contributed by atoms with E-state index in [9.17, 15) is 0 Å². The van der Waals surface area contributed by atoms with Crippen molar-refractivity contribution in [3.05, 3.63) is 328 Å². The largest absolute Gasteiger partial charge is 0.309 e. The lowest BCUT2D eigenvalue weighted by Crippen LogP contribution is -1.99. The van der Waals surface area contributed by atoms with Gasteiger partial charge in [0.15, 0.2) is 5.82 Å². The summed E-state index contributed by atoms with van der Waals surface area (Å²) < 4.78 is 12.1. The Morgan fingerprint density at radius 2 is 0.606 bits per heavy atom. The molecule has 0 unspecified atom stereocenters. The molecule has 6 nitrogen and oxygen atoms in total. The minimum Gasteiger partial charge on any atom is -0.309 e. The highest BCUT2D eigenvalue weighted by Gasteiger charge is 2.29. The van der Waals surface area contributed by atoms with E-state index in [4.69, 9.17) is 9.97 Å². The number of para-hydroxylation sites is 6. The van der Waals surface area contributed by atoms with Crippen molar-refractivity contribution in [2.75, 3.05) is 0 Å². The molecule has 6 aromatic heterocycles. The zero-order valence-electron chi connectivity index (χ0n) is 53.3. The fourth-order valence-corrected chi connectivity index (χ4v) is 17.9. The van der Waals surface area contributed by atoms with Crippen LogP contribution in [0.4, 0.5) is 0 Å². The molecule has 0 N–H and O–H groups in total. The smallest absolute Gasteiger partial charge is 0.160 e. The number of fused-ring (bicyclic) bond motifs is 18. The maximum Gasteiger partial charge on any atom is 0.160 e. The lowest BCUT2D eigenvalue weighted by molar-refractivity contribution is 1.17. The van der Waals surface area contributed by atoms with Crippen molar-refractivity contribution in [2.24, 2.45) is 0 Å². The van der Waals surface area contributed by atoms with Crippen LogP contribution in [0.5, 0.6) is 0 Å². The summed E-state index contributed by atoms with van der Waals surface area (Å²) in [6, 6.07) is 121. The van der Waals surface area contributed by atoms with E-state index in [1.165, 1.54) is 135 Å². The first-order valence-corrected chi connectivity index (χ1v) is 34.7. The number of hydrogen-bond acceptors (Lipinski definition) is 3. The van der Waals surface area contributed by atoms with Gasteiger partial charge in [-0.1, -0.05) is 200 Å². The first-order valence-electron chi connectivity index (χ1n) is 33.9. The second-order valence-corrected chi connectivity index (χ2v) is 27.5. The Bertz CT molecular complexity index is 7030. The normalized spacial score (nSPS) is 12.2. The molecule has 0 spiro atoms. The summed E-state index contributed by atoms with van der Waals surface area (Å²) in [6.45, 7) is 0. The topological polar surface area (TPSA) is 45.5 Å². The quantitative estimate of drug-likeness (QED) is 0.152. The zero-order valence-corrected chi connectivity index (χ0v) is 54.1. The first kappa shape index (κ1) is 54.3. The van der Waals surface area contributed by atoms with Crippen LogP contribution < -0.4 is 0 Å². The van der Waals surface area contributed by atoms with Gasteiger partial charge in [-0.05, 0) is 166 Å². The maximum atomic E-state index is 5.71. The minimum atomic E-state index is 0.703. The van der Waals surface area contributed by atoms with Gasteiger partial charge in [0.25, 0.3) is 0 Å². The second-order valence-electron chi connectivity index (χ2n) is 26.4. The Balaban J connectivity index is 0.642. The summed E-state index contributed by atoms with van der Waals surface area (Å²) in [4.78, 5) is 11.3. The van der Waals surface area contributed by atoms with Crippen molar-refractivity contribution in [1.82, 2.24) is 28.2 Å². The molecule has 458 valence electrons. The number of benzene rings is 15. The molecule has 0 radical (unpaired) electrons. The molecule has 0 saturated heterocycles. The molecule has 99 heavy (non-hydrogen) atoms. The molecule has 7 heteroatoms. The van der Waals surface area contributed by atoms with Crippen LogP contribution in [0, 0.1) is 0 Å². The molecule has 6 heterocycles. The van der Waals surface area contributed by atoms with E-state index < -0.39 is 0 Å². The van der Waals surface area contributed by atoms with Crippen molar-refractivity contribution >= 4 is 130 Å². The fraction of sp³-hybridized carbons (Fsp3) is 0. The predicted molar refractivity (Wildman–Crippen MR) is 416 cm³/mol. The summed E-state index contributed by atoms with van der Waals surface area (Å²) in [7, 11) is 0. The molecular formula is C92H54N6S. The van der Waals surface area contributed by atoms with Gasteiger partial charge in [0.05, 0.1) is 55.5 Å². The van der Waals surface area contributed by atoms with Crippen molar-refractivity contribution in [3.8, 4) is 90.0 Å². The highest BCUT2D eigenvalue weighted by Crippen LogP contribution is 2.52. The minimum absolute atomic E-state index is 0.703. The molecular weight excluding hydrogens is 1220 g/mol. The van der Waals surface area contributed by atoms with E-state index in [-0.39, 0.29) is 0 Å². The molecule has 0 bridgehead atoms. The molecule has 0 saturated carbocycles. The van der Waals surface area contributed by atoms with Crippen molar-refractivity contribution in [2.45, 2.75) is 0 Å². The molecule has 1 aliphatic rings. The van der Waals surface area contributed by atoms with Crippen LogP contribution in [0.1, 0.15) is 0 Å². The van der Waals surface area contributed by atoms with E-state index in [0.717, 1.165) is 67.4 Å². The third-order valence-electron chi connectivity index (χ3n) is 21.1. The van der Waals surface area contributed by atoms with Gasteiger partial charge in [-0.15, -0.1) is 11.3 Å². The molecule has 15 aromatic carbocycles. The van der Waals surface area contributed by atoms with Crippen LogP contribution in [-0.4, -0.2) is 28.2 Å². The fourth-order valence-electron chi connectivity index (χ4n) is 16.7. The highest BCUT2D eigenvalue weighted by molar-refractivity contribution is 7.25. The van der Waals surface area contributed by atoms with E-state index >= 15 is 0 Å². The van der Waals surface area contributed by atoms with Gasteiger partial charge in [0.2, 0.25) is 0 Å². The number of hydrogen-bond donors (Lipinski definition) is 0. The van der Waals surface area contributed by atoms with Gasteiger partial charge in [-0.25, -0.2) is 9.97 Å². The summed E-state index contributed by atoms with van der Waals surface area (Å²) in [5.41, 5.74) is 26.0. The van der Waals surface area contributed by atoms with Crippen LogP contribution in [0.15, 0.2) is 328 Å². The van der Waals surface area contributed by atoms with Gasteiger partial charge in [-0.2, -0.15) is 0 Å². The highest BCUT2D eigenvalue weighted by atomic mass is 32.1. The monoisotopic (exact) mass is 1270 g/mol. The van der Waals surface area contributed by atoms with E-state index in [2.05, 4.69) is 346 Å². The van der Waals surface area contributed by atoms with E-state index in [1.54, 1.807) is 0 Å². The lowest BCUT2D eigenvalue weighted by atomic mass is 9.99. The average Bonchev–Trinajstić information content (AvgIpc) is 1.59. The SMILES string of the molecule is c1ccc(-n2c3ccccc3c3cc(-c4ccc5c(c4)c4ccccc4n5-c4cccc(-c5nc(-c6ccc7c(c6)sc6cc(-n8c9ccccc9c9cc(-c%10ccc%11c(c%10)c%10ccccc%10n%11-c%10ccccc%10)ccc98)ccc67)nc6c5-c5cccc7cccc-6c57)c4)ccc32)cc1. The van der Waals surface area contributed by atoms with Gasteiger partial charge in [0, 0.05) is 108 Å². The summed E-state index contributed by atoms with van der Waals surface area (Å²) in [5.74, 6) is 0.703. The Labute approximate surface area is 571 Å². The summed E-state index contributed by atoms with van der Waals surface area (Å²) in [6.07, 6.45) is 0. The molecule has 0 atom stereocenters. The van der Waals surface area contributed by atoms with Crippen LogP contribution >= 0.6 is 11.3 Å². The van der Waals surface area contributed by atoms with Crippen LogP contribution in [0.3, 0.4) is 0 Å². The first-order chi connectivity index (χ1) is 49.1. The second kappa shape index (κ2) is 20.8. The molecule has 0 fully saturated rings. The van der Waals surface area contributed by atoms with Crippen LogP contribution in [0.25, 0.3) is 208 Å². The maximum absolute atomic E-state index is 5.71. The summed E-state index contributed by atoms with van der Waals surface area (Å²) in [5, 5.41) is 14.7. The molecule has 22 rings (SSSR count). The standard InChI is InChI=1S/C92H54N6S/c1-3-21-62(22-4-1)95-78-32-11-7-26-66(78)74-49-56(37-44-82(74)95)58-39-46-84-76(51-58)68-28-9-13-34-80(68)97(84)64-25-15-20-60(48-64)90-89-72-30-16-18-55-19-17-31-73(88(55)72)91(89)94-92(93-90)61-36-42-70-71-43-41-65(54-87(71)99-86(70)53-61)98-81-35-14-10-29-69(81)77-52-59(40-47-85(77)98)57-38-45-83-75(50-57)67-27-8-12-33-79(67)96(83)63-23-5-2-6-24-63/h1-54H. The van der Waals surface area contributed by atoms with Crippen molar-refractivity contribution < 1.29 is 0 Å². The van der Waals surface area contributed by atoms with Crippen molar-refractivity contribution in [3.63, 3.8) is 0 Å². The van der Waals surface area contributed by atoms with Gasteiger partial charge in [0.1, 0.15) is 0 Å². The Kier molecular flexibility index (Phi) is 11.4. The number of thiophene rings is 1. The number of rotatable bonds is 8. The molecule has 1 aliphatic carbocycles. The Morgan fingerprint density at radius 1 is 0.222 bits per heavy atom. The Hall–Kier alpha value is -12.9. The number of aromatic nitrogens is 6. The Morgan fingerprint density at radius 3 is 1.11 bits per heavy atom. The zero-order chi connectivity index (χ0) is 64.6. The molecule has 0 amide bonds. The third kappa shape index (κ3) is 7.99. The molecule has 21 aromatic rings. The van der Waals surface area contributed by atoms with Crippen LogP contribution in [0.2, 0.25) is 0 Å². The van der Waals surface area contributed by atoms with Crippen molar-refractivity contribution in [1.29, 1.82) is 0 Å². The lowest BCUT2D eigenvalue weighted by Gasteiger charge is -2.14. The van der Waals surface area contributed by atoms with Gasteiger partial charge < -0.3 is 18.3 Å². The predicted octanol–water partition coefficient (Wildman–Crippen LogP) is 24.7. The summed E-state index contributed by atoms with van der Waals surface area (Å²) >= 11 is 1.83. The van der Waals surface area contributed by atoms with Crippen LogP contribution in [-0.2, 0) is 0 Å². The number of nitrogens with zero attached hydrogens (tertiary/aromatic N) is 6.